The van der Waals surface area contributed by atoms with Crippen LogP contribution in [0.1, 0.15) is 83.9 Å². The predicted octanol–water partition coefficient (Wildman–Crippen LogP) is 3.92. The molecule has 2 atom stereocenters. The Morgan fingerprint density at radius 3 is 2.62 bits per heavy atom. The summed E-state index contributed by atoms with van der Waals surface area (Å²) in [5, 5.41) is 7.80. The van der Waals surface area contributed by atoms with Crippen LogP contribution < -0.4 is 5.32 Å². The van der Waals surface area contributed by atoms with Gasteiger partial charge in [0.1, 0.15) is 5.60 Å². The summed E-state index contributed by atoms with van der Waals surface area (Å²) in [7, 11) is 0. The molecule has 3 saturated heterocycles. The third kappa shape index (κ3) is 5.70. The fraction of sp³-hybridized carbons (Fsp3) is 0.875. The van der Waals surface area contributed by atoms with Gasteiger partial charge < -0.3 is 19.5 Å². The lowest BCUT2D eigenvalue weighted by Crippen LogP contribution is -2.55. The molecule has 1 aromatic rings. The van der Waals surface area contributed by atoms with Crippen LogP contribution in [0.25, 0.3) is 0 Å². The molecule has 1 aromatic heterocycles. The maximum Gasteiger partial charge on any atom is 0.410 e. The number of nitrogens with zero attached hydrogens (tertiary/aromatic N) is 4. The summed E-state index contributed by atoms with van der Waals surface area (Å²) in [6.07, 6.45) is 3.69. The minimum atomic E-state index is -2.60. The number of piperidine rings is 2. The molecular weight excluding hydrogens is 444 g/mol. The van der Waals surface area contributed by atoms with Crippen LogP contribution >= 0.6 is 0 Å². The molecule has 34 heavy (non-hydrogen) atoms. The summed E-state index contributed by atoms with van der Waals surface area (Å²) in [5.41, 5.74) is -0.862. The number of ether oxygens (including phenoxy) is 1. The highest BCUT2D eigenvalue weighted by atomic mass is 19.3. The van der Waals surface area contributed by atoms with Gasteiger partial charge in [0.05, 0.1) is 12.0 Å². The highest BCUT2D eigenvalue weighted by Crippen LogP contribution is 2.39. The zero-order chi connectivity index (χ0) is 24.6. The minimum Gasteiger partial charge on any atom is -0.444 e. The van der Waals surface area contributed by atoms with Crippen LogP contribution in [0.15, 0.2) is 4.52 Å². The summed E-state index contributed by atoms with van der Waals surface area (Å²) < 4.78 is 39.0. The van der Waals surface area contributed by atoms with E-state index >= 15 is 0 Å². The van der Waals surface area contributed by atoms with Crippen molar-refractivity contribution in [1.82, 2.24) is 25.3 Å². The summed E-state index contributed by atoms with van der Waals surface area (Å²) >= 11 is 0. The predicted molar refractivity (Wildman–Crippen MR) is 123 cm³/mol. The molecule has 1 amide bonds. The van der Waals surface area contributed by atoms with Gasteiger partial charge in [-0.25, -0.2) is 13.6 Å². The first-order chi connectivity index (χ1) is 16.0. The van der Waals surface area contributed by atoms with Gasteiger partial charge in [0, 0.05) is 51.1 Å². The Morgan fingerprint density at radius 2 is 2.00 bits per heavy atom. The highest BCUT2D eigenvalue weighted by molar-refractivity contribution is 5.68. The number of alkyl halides is 2. The van der Waals surface area contributed by atoms with E-state index in [4.69, 9.17) is 14.2 Å². The van der Waals surface area contributed by atoms with E-state index in [1.807, 2.05) is 25.7 Å². The van der Waals surface area contributed by atoms with Crippen LogP contribution in [0.3, 0.4) is 0 Å². The van der Waals surface area contributed by atoms with Gasteiger partial charge in [-0.1, -0.05) is 18.5 Å². The van der Waals surface area contributed by atoms with Crippen LogP contribution in [-0.2, 0) is 10.2 Å². The number of likely N-dealkylation sites (tertiary alicyclic amines) is 2. The molecule has 3 aliphatic rings. The van der Waals surface area contributed by atoms with Crippen molar-refractivity contribution in [3.05, 3.63) is 11.7 Å². The Hall–Kier alpha value is -1.81. The van der Waals surface area contributed by atoms with E-state index in [1.54, 1.807) is 4.90 Å². The van der Waals surface area contributed by atoms with Gasteiger partial charge in [-0.15, -0.1) is 0 Å². The van der Waals surface area contributed by atoms with E-state index < -0.39 is 11.5 Å². The Labute approximate surface area is 200 Å². The van der Waals surface area contributed by atoms with E-state index in [9.17, 15) is 13.6 Å². The molecule has 0 aromatic carbocycles. The van der Waals surface area contributed by atoms with Crippen LogP contribution in [0, 0.1) is 0 Å². The summed E-state index contributed by atoms with van der Waals surface area (Å²) in [5.74, 6) is -1.18. The second-order valence-corrected chi connectivity index (χ2v) is 11.3. The Kier molecular flexibility index (Phi) is 7.20. The normalized spacial score (nSPS) is 28.9. The van der Waals surface area contributed by atoms with Crippen molar-refractivity contribution in [3.63, 3.8) is 0 Å². The van der Waals surface area contributed by atoms with Gasteiger partial charge in [-0.05, 0) is 46.5 Å². The van der Waals surface area contributed by atoms with Crippen LogP contribution in [0.2, 0.25) is 0 Å². The van der Waals surface area contributed by atoms with Crippen LogP contribution in [0.4, 0.5) is 13.6 Å². The van der Waals surface area contributed by atoms with Crippen molar-refractivity contribution in [2.24, 2.45) is 0 Å². The molecule has 0 saturated carbocycles. The zero-order valence-electron chi connectivity index (χ0n) is 20.9. The van der Waals surface area contributed by atoms with E-state index in [0.717, 1.165) is 32.1 Å². The topological polar surface area (TPSA) is 83.7 Å². The molecule has 0 bridgehead atoms. The van der Waals surface area contributed by atoms with E-state index in [-0.39, 0.29) is 36.4 Å². The van der Waals surface area contributed by atoms with E-state index in [2.05, 4.69) is 17.4 Å². The van der Waals surface area contributed by atoms with Gasteiger partial charge in [0.25, 0.3) is 5.92 Å². The molecule has 1 N–H and O–H groups in total. The van der Waals surface area contributed by atoms with Crippen molar-refractivity contribution < 1.29 is 22.8 Å². The van der Waals surface area contributed by atoms with Crippen molar-refractivity contribution in [1.29, 1.82) is 0 Å². The lowest BCUT2D eigenvalue weighted by Gasteiger charge is -2.42. The number of nitrogens with one attached hydrogen (secondary N) is 1. The number of amides is 1. The maximum atomic E-state index is 13.8. The molecule has 3 fully saturated rings. The third-order valence-electron chi connectivity index (χ3n) is 7.32. The maximum absolute atomic E-state index is 13.8. The summed E-state index contributed by atoms with van der Waals surface area (Å²) in [4.78, 5) is 20.9. The van der Waals surface area contributed by atoms with Gasteiger partial charge >= 0.3 is 6.09 Å². The monoisotopic (exact) mass is 483 g/mol. The van der Waals surface area contributed by atoms with Crippen molar-refractivity contribution in [2.45, 2.75) is 95.1 Å². The Balaban J connectivity index is 1.42. The molecule has 192 valence electrons. The minimum absolute atomic E-state index is 0.0288. The van der Waals surface area contributed by atoms with Crippen molar-refractivity contribution >= 4 is 6.09 Å². The quantitative estimate of drug-likeness (QED) is 0.679. The fourth-order valence-corrected chi connectivity index (χ4v) is 5.61. The number of carbonyl (C=O) groups excluding carboxylic acids is 1. The van der Waals surface area contributed by atoms with Gasteiger partial charge in [-0.2, -0.15) is 4.98 Å². The summed E-state index contributed by atoms with van der Waals surface area (Å²) in [6.45, 7) is 10.6. The third-order valence-corrected chi connectivity index (χ3v) is 7.32. The van der Waals surface area contributed by atoms with E-state index in [0.29, 0.717) is 44.4 Å². The van der Waals surface area contributed by atoms with Gasteiger partial charge in [-0.3, -0.25) is 4.90 Å². The number of hydrogen-bond acceptors (Lipinski definition) is 7. The zero-order valence-corrected chi connectivity index (χ0v) is 20.9. The Bertz CT molecular complexity index is 846. The average molecular weight is 484 g/mol. The first-order valence-corrected chi connectivity index (χ1v) is 12.6. The highest BCUT2D eigenvalue weighted by Gasteiger charge is 2.47. The number of aromatic nitrogens is 2. The number of hydrogen-bond donors (Lipinski definition) is 1. The molecule has 0 spiro atoms. The first-order valence-electron chi connectivity index (χ1n) is 12.6. The van der Waals surface area contributed by atoms with Crippen LogP contribution in [-0.4, -0.2) is 82.9 Å². The Morgan fingerprint density at radius 1 is 1.26 bits per heavy atom. The molecule has 3 aliphatic heterocycles. The molecule has 4 rings (SSSR count). The van der Waals surface area contributed by atoms with Crippen molar-refractivity contribution in [2.75, 3.05) is 39.3 Å². The molecule has 4 heterocycles. The number of rotatable bonds is 5. The molecule has 2 unspecified atom stereocenters. The molecule has 10 heteroatoms. The van der Waals surface area contributed by atoms with E-state index in [1.165, 1.54) is 0 Å². The van der Waals surface area contributed by atoms with Crippen LogP contribution in [0.5, 0.6) is 0 Å². The molecule has 0 radical (unpaired) electrons. The summed E-state index contributed by atoms with van der Waals surface area (Å²) in [6, 6.07) is 0.0288. The average Bonchev–Trinajstić information content (AvgIpc) is 3.40. The molecule has 8 nitrogen and oxygen atoms in total. The lowest BCUT2D eigenvalue weighted by atomic mass is 9.74. The lowest BCUT2D eigenvalue weighted by molar-refractivity contribution is 0.00299. The molecule has 0 aliphatic carbocycles. The smallest absolute Gasteiger partial charge is 0.410 e. The largest absolute Gasteiger partial charge is 0.444 e. The first kappa shape index (κ1) is 25.3. The molecular formula is C24H39F2N5O3. The second kappa shape index (κ2) is 9.68. The van der Waals surface area contributed by atoms with Gasteiger partial charge in [0.2, 0.25) is 5.89 Å². The number of halogens is 2. The SMILES string of the molecule is CCCC1(c2nc(C3CCN(C(=O)OC(C)(C)C)CC3)no2)CNCC(N2CCC(F)(F)C2)C1. The van der Waals surface area contributed by atoms with Gasteiger partial charge in [0.15, 0.2) is 5.82 Å². The number of carbonyl (C=O) groups is 1. The van der Waals surface area contributed by atoms with Crippen molar-refractivity contribution in [3.8, 4) is 0 Å². The fourth-order valence-electron chi connectivity index (χ4n) is 5.61. The second-order valence-electron chi connectivity index (χ2n) is 11.3. The standard InChI is InChI=1S/C24H39F2N5O3/c1-5-8-23(13-18(14-27-15-23)31-12-9-24(25,26)16-31)20-28-19(29-34-20)17-6-10-30(11-7-17)21(32)33-22(2,3)4/h17-18,27H,5-16H2,1-4H3.